The van der Waals surface area contributed by atoms with Gasteiger partial charge in [-0.25, -0.2) is 4.98 Å². The number of fused-ring (bicyclic) bond motifs is 1. The van der Waals surface area contributed by atoms with Crippen LogP contribution in [0.5, 0.6) is 11.5 Å². The first-order chi connectivity index (χ1) is 17.9. The highest BCUT2D eigenvalue weighted by Gasteiger charge is 2.46. The first kappa shape index (κ1) is 27.0. The summed E-state index contributed by atoms with van der Waals surface area (Å²) in [6.07, 6.45) is -9.46. The van der Waals surface area contributed by atoms with Crippen LogP contribution < -0.4 is 14.4 Å². The monoisotopic (exact) mass is 541 g/mol. The van der Waals surface area contributed by atoms with Gasteiger partial charge in [0, 0.05) is 43.2 Å². The van der Waals surface area contributed by atoms with Crippen LogP contribution in [-0.2, 0) is 19.4 Å². The summed E-state index contributed by atoms with van der Waals surface area (Å²) in [7, 11) is 3.71. The van der Waals surface area contributed by atoms with Crippen LogP contribution >= 0.6 is 0 Å². The van der Waals surface area contributed by atoms with Crippen LogP contribution in [0.1, 0.15) is 11.4 Å². The van der Waals surface area contributed by atoms with Crippen LogP contribution in [0.2, 0.25) is 0 Å². The number of methoxy groups -OCH3 is 2. The number of alkyl halides is 6. The number of aryl methyl sites for hydroxylation is 1. The van der Waals surface area contributed by atoms with Gasteiger partial charge in [-0.1, -0.05) is 0 Å². The first-order valence-electron chi connectivity index (χ1n) is 11.0. The number of ether oxygens (including phenoxy) is 2. The van der Waals surface area contributed by atoms with Crippen molar-refractivity contribution in [3.05, 3.63) is 54.0 Å². The van der Waals surface area contributed by atoms with E-state index in [-0.39, 0.29) is 28.9 Å². The maximum atomic E-state index is 13.7. The second-order valence-electron chi connectivity index (χ2n) is 8.07. The Morgan fingerprint density at radius 1 is 0.895 bits per heavy atom. The summed E-state index contributed by atoms with van der Waals surface area (Å²) < 4.78 is 92.9. The number of aliphatic hydroxyl groups is 1. The molecular formula is C24H21F6N5O3. The fraction of sp³-hybridized carbons (Fsp3) is 0.292. The molecule has 0 saturated heterocycles. The number of halogens is 6. The zero-order valence-electron chi connectivity index (χ0n) is 20.2. The smallest absolute Gasteiger partial charge is 0.435 e. The molecule has 0 aliphatic rings. The van der Waals surface area contributed by atoms with Gasteiger partial charge >= 0.3 is 12.4 Å². The van der Waals surface area contributed by atoms with E-state index in [9.17, 15) is 31.4 Å². The zero-order chi connectivity index (χ0) is 27.8. The van der Waals surface area contributed by atoms with Gasteiger partial charge in [0.25, 0.3) is 0 Å². The third-order valence-electron chi connectivity index (χ3n) is 5.65. The van der Waals surface area contributed by atoms with Crippen LogP contribution in [-0.4, -0.2) is 52.2 Å². The van der Waals surface area contributed by atoms with Gasteiger partial charge < -0.3 is 19.5 Å². The lowest BCUT2D eigenvalue weighted by Crippen LogP contribution is -2.21. The molecule has 38 heavy (non-hydrogen) atoms. The second-order valence-corrected chi connectivity index (χ2v) is 8.07. The van der Waals surface area contributed by atoms with Crippen molar-refractivity contribution >= 4 is 22.4 Å². The van der Waals surface area contributed by atoms with Gasteiger partial charge in [-0.15, -0.1) is 0 Å². The topological polar surface area (TPSA) is 85.5 Å². The number of benzene rings is 2. The zero-order valence-corrected chi connectivity index (χ0v) is 20.2. The van der Waals surface area contributed by atoms with E-state index in [1.807, 2.05) is 0 Å². The fourth-order valence-corrected chi connectivity index (χ4v) is 4.03. The average molecular weight is 541 g/mol. The predicted octanol–water partition coefficient (Wildman–Crippen LogP) is 5.22. The van der Waals surface area contributed by atoms with Crippen LogP contribution in [0, 0.1) is 0 Å². The molecule has 1 N–H and O–H groups in total. The van der Waals surface area contributed by atoms with Crippen molar-refractivity contribution in [2.24, 2.45) is 7.05 Å². The van der Waals surface area contributed by atoms with E-state index in [2.05, 4.69) is 15.1 Å². The molecule has 0 atom stereocenters. The Balaban J connectivity index is 1.90. The molecule has 8 nitrogen and oxygen atoms in total. The third-order valence-corrected chi connectivity index (χ3v) is 5.65. The molecule has 4 aromatic rings. The summed E-state index contributed by atoms with van der Waals surface area (Å²) in [5, 5.41) is 12.8. The van der Waals surface area contributed by atoms with Crippen molar-refractivity contribution in [1.82, 2.24) is 19.7 Å². The maximum absolute atomic E-state index is 13.7. The Hall–Kier alpha value is -4.07. The molecule has 0 amide bonds. The van der Waals surface area contributed by atoms with Gasteiger partial charge in [-0.2, -0.15) is 31.4 Å². The summed E-state index contributed by atoms with van der Waals surface area (Å²) in [5.74, 6) is 0.919. The van der Waals surface area contributed by atoms with Crippen molar-refractivity contribution < 1.29 is 40.9 Å². The van der Waals surface area contributed by atoms with Crippen LogP contribution in [0.15, 0.2) is 42.6 Å². The van der Waals surface area contributed by atoms with E-state index in [0.29, 0.717) is 22.9 Å². The van der Waals surface area contributed by atoms with Gasteiger partial charge in [0.05, 0.1) is 49.3 Å². The van der Waals surface area contributed by atoms with Crippen LogP contribution in [0.4, 0.5) is 37.7 Å². The van der Waals surface area contributed by atoms with Crippen molar-refractivity contribution in [2.75, 3.05) is 32.3 Å². The SMILES string of the molecule is COc1cc(OC)cc(N(CCO)c2ccc3ncc(-c4c(C(F)(F)F)nn(C)c4C(F)(F)F)nc3c2)c1. The summed E-state index contributed by atoms with van der Waals surface area (Å²) in [5.41, 5.74) is -3.92. The molecule has 0 spiro atoms. The van der Waals surface area contributed by atoms with E-state index >= 15 is 0 Å². The van der Waals surface area contributed by atoms with Crippen molar-refractivity contribution in [1.29, 1.82) is 0 Å². The molecule has 2 aromatic heterocycles. The highest BCUT2D eigenvalue weighted by atomic mass is 19.4. The van der Waals surface area contributed by atoms with Gasteiger partial charge in [0.2, 0.25) is 0 Å². The largest absolute Gasteiger partial charge is 0.497 e. The lowest BCUT2D eigenvalue weighted by atomic mass is 10.1. The van der Waals surface area contributed by atoms with E-state index in [4.69, 9.17) is 9.47 Å². The minimum Gasteiger partial charge on any atom is -0.497 e. The lowest BCUT2D eigenvalue weighted by molar-refractivity contribution is -0.143. The molecule has 0 bridgehead atoms. The number of anilines is 2. The normalized spacial score (nSPS) is 12.2. The molecule has 0 aliphatic carbocycles. The van der Waals surface area contributed by atoms with E-state index in [1.165, 1.54) is 26.4 Å². The van der Waals surface area contributed by atoms with Crippen molar-refractivity contribution in [3.63, 3.8) is 0 Å². The molecule has 0 unspecified atom stereocenters. The van der Waals surface area contributed by atoms with Crippen LogP contribution in [0.3, 0.4) is 0 Å². The molecule has 0 saturated carbocycles. The Kier molecular flexibility index (Phi) is 7.10. The lowest BCUT2D eigenvalue weighted by Gasteiger charge is -2.25. The quantitative estimate of drug-likeness (QED) is 0.322. The Bertz CT molecular complexity index is 1450. The number of hydrogen-bond donors (Lipinski definition) is 1. The maximum Gasteiger partial charge on any atom is 0.435 e. The molecule has 0 fully saturated rings. The standard InChI is InChI=1S/C24H21F6N5O3/c1-34-22(24(28,29)30)20(21(33-34)23(25,26)27)19-12-31-17-5-4-13(10-18(17)32-19)35(6-7-36)14-8-15(37-2)11-16(9-14)38-3/h4-5,8-12,36H,6-7H2,1-3H3. The van der Waals surface area contributed by atoms with Gasteiger partial charge in [-0.05, 0) is 18.2 Å². The number of hydrogen-bond acceptors (Lipinski definition) is 7. The van der Waals surface area contributed by atoms with Crippen molar-refractivity contribution in [2.45, 2.75) is 12.4 Å². The van der Waals surface area contributed by atoms with E-state index in [0.717, 1.165) is 13.2 Å². The van der Waals surface area contributed by atoms with Crippen LogP contribution in [0.25, 0.3) is 22.3 Å². The molecule has 4 rings (SSSR count). The molecule has 202 valence electrons. The van der Waals surface area contributed by atoms with Crippen molar-refractivity contribution in [3.8, 4) is 22.8 Å². The number of aliphatic hydroxyl groups excluding tert-OH is 1. The third kappa shape index (κ3) is 5.16. The van der Waals surface area contributed by atoms with E-state index in [1.54, 1.807) is 29.2 Å². The average Bonchev–Trinajstić information content (AvgIpc) is 3.24. The van der Waals surface area contributed by atoms with Gasteiger partial charge in [0.15, 0.2) is 11.4 Å². The molecular weight excluding hydrogens is 520 g/mol. The minimum absolute atomic E-state index is 0.0305. The molecule has 2 aromatic carbocycles. The summed E-state index contributed by atoms with van der Waals surface area (Å²) in [6.45, 7) is -0.184. The number of aromatic nitrogens is 4. The second kappa shape index (κ2) is 10.0. The Labute approximate surface area is 212 Å². The van der Waals surface area contributed by atoms with Gasteiger partial charge in [-0.3, -0.25) is 9.67 Å². The predicted molar refractivity (Wildman–Crippen MR) is 125 cm³/mol. The molecule has 0 radical (unpaired) electrons. The first-order valence-corrected chi connectivity index (χ1v) is 11.0. The minimum atomic E-state index is -5.17. The van der Waals surface area contributed by atoms with E-state index < -0.39 is 35.0 Å². The molecule has 0 aliphatic heterocycles. The summed E-state index contributed by atoms with van der Waals surface area (Å²) >= 11 is 0. The highest BCUT2D eigenvalue weighted by molar-refractivity contribution is 5.83. The fourth-order valence-electron chi connectivity index (χ4n) is 4.03. The number of nitrogens with zero attached hydrogens (tertiary/aromatic N) is 5. The summed E-state index contributed by atoms with van der Waals surface area (Å²) in [6, 6.07) is 9.58. The Morgan fingerprint density at radius 3 is 2.11 bits per heavy atom. The highest BCUT2D eigenvalue weighted by Crippen LogP contribution is 2.44. The van der Waals surface area contributed by atoms with Gasteiger partial charge in [0.1, 0.15) is 11.5 Å². The number of rotatable bonds is 7. The molecule has 14 heteroatoms. The Morgan fingerprint density at radius 2 is 1.55 bits per heavy atom. The summed E-state index contributed by atoms with van der Waals surface area (Å²) in [4.78, 5) is 9.82. The molecule has 2 heterocycles.